The number of benzene rings is 2. The molecule has 1 nitrogen and oxygen atoms in total. The minimum Gasteiger partial charge on any atom is -0.380 e. The molecule has 0 amide bonds. The third kappa shape index (κ3) is 0.879. The predicted octanol–water partition coefficient (Wildman–Crippen LogP) is 3.42. The lowest BCUT2D eigenvalue weighted by Gasteiger charge is -2.01. The van der Waals surface area contributed by atoms with Crippen LogP contribution >= 0.6 is 11.6 Å². The van der Waals surface area contributed by atoms with Crippen LogP contribution in [0.2, 0.25) is 5.02 Å². The second-order valence-electron chi connectivity index (χ2n) is 3.29. The van der Waals surface area contributed by atoms with Crippen molar-refractivity contribution in [3.8, 4) is 0 Å². The highest BCUT2D eigenvalue weighted by Gasteiger charge is 2.13. The maximum Gasteiger partial charge on any atom is 0.0486 e. The standard InChI is InChI=1S/C11H8ClN/c12-9-4-5-10-11-7(6-13-10)2-1-3-8(9)11/h1-5,13H,6H2. The van der Waals surface area contributed by atoms with E-state index in [1.807, 2.05) is 12.1 Å². The zero-order valence-electron chi connectivity index (χ0n) is 6.97. The largest absolute Gasteiger partial charge is 0.380 e. The Balaban J connectivity index is 2.58. The van der Waals surface area contributed by atoms with Gasteiger partial charge in [0.05, 0.1) is 0 Å². The van der Waals surface area contributed by atoms with Gasteiger partial charge in [0.1, 0.15) is 0 Å². The second-order valence-corrected chi connectivity index (χ2v) is 3.70. The lowest BCUT2D eigenvalue weighted by atomic mass is 10.1. The Morgan fingerprint density at radius 2 is 2.08 bits per heavy atom. The van der Waals surface area contributed by atoms with Gasteiger partial charge in [0.15, 0.2) is 0 Å². The molecule has 2 heteroatoms. The summed E-state index contributed by atoms with van der Waals surface area (Å²) < 4.78 is 0. The molecule has 0 spiro atoms. The van der Waals surface area contributed by atoms with E-state index in [2.05, 4.69) is 23.5 Å². The lowest BCUT2D eigenvalue weighted by Crippen LogP contribution is -1.87. The van der Waals surface area contributed by atoms with Crippen molar-refractivity contribution in [2.75, 3.05) is 5.32 Å². The van der Waals surface area contributed by atoms with Crippen LogP contribution in [0.25, 0.3) is 10.8 Å². The molecule has 0 atom stereocenters. The Bertz CT molecular complexity index is 480. The first-order valence-corrected chi connectivity index (χ1v) is 4.68. The molecule has 1 N–H and O–H groups in total. The first-order chi connectivity index (χ1) is 6.36. The molecule has 0 fully saturated rings. The average Bonchev–Trinajstić information content (AvgIpc) is 2.57. The molecule has 3 rings (SSSR count). The third-order valence-corrected chi connectivity index (χ3v) is 2.87. The first kappa shape index (κ1) is 7.22. The number of hydrogen-bond acceptors (Lipinski definition) is 1. The molecule has 64 valence electrons. The van der Waals surface area contributed by atoms with Crippen molar-refractivity contribution in [1.29, 1.82) is 0 Å². The van der Waals surface area contributed by atoms with Gasteiger partial charge in [-0.3, -0.25) is 0 Å². The van der Waals surface area contributed by atoms with Crippen LogP contribution in [0, 0.1) is 0 Å². The smallest absolute Gasteiger partial charge is 0.0486 e. The minimum absolute atomic E-state index is 0.837. The third-order valence-electron chi connectivity index (χ3n) is 2.54. The number of nitrogens with one attached hydrogen (secondary N) is 1. The summed E-state index contributed by atoms with van der Waals surface area (Å²) in [7, 11) is 0. The van der Waals surface area contributed by atoms with Crippen LogP contribution in [-0.4, -0.2) is 0 Å². The summed E-state index contributed by atoms with van der Waals surface area (Å²) in [6.07, 6.45) is 0. The average molecular weight is 190 g/mol. The summed E-state index contributed by atoms with van der Waals surface area (Å²) in [6.45, 7) is 0.924. The SMILES string of the molecule is Clc1ccc2c3c(cccc13)CN2. The van der Waals surface area contributed by atoms with E-state index in [0.717, 1.165) is 17.0 Å². The van der Waals surface area contributed by atoms with Crippen LogP contribution in [0.3, 0.4) is 0 Å². The molecule has 0 saturated carbocycles. The molecule has 2 aromatic carbocycles. The van der Waals surface area contributed by atoms with E-state index in [9.17, 15) is 0 Å². The molecule has 1 aliphatic heterocycles. The minimum atomic E-state index is 0.837. The molecule has 13 heavy (non-hydrogen) atoms. The van der Waals surface area contributed by atoms with Gasteiger partial charge in [0, 0.05) is 28.0 Å². The van der Waals surface area contributed by atoms with E-state index in [1.54, 1.807) is 0 Å². The van der Waals surface area contributed by atoms with Gasteiger partial charge in [-0.2, -0.15) is 0 Å². The zero-order chi connectivity index (χ0) is 8.84. The van der Waals surface area contributed by atoms with E-state index >= 15 is 0 Å². The monoisotopic (exact) mass is 189 g/mol. The molecule has 0 bridgehead atoms. The quantitative estimate of drug-likeness (QED) is 0.670. The van der Waals surface area contributed by atoms with Crippen LogP contribution in [0.4, 0.5) is 5.69 Å². The van der Waals surface area contributed by atoms with Crippen molar-refractivity contribution < 1.29 is 0 Å². The Labute approximate surface area is 81.3 Å². The fourth-order valence-corrected chi connectivity index (χ4v) is 2.15. The van der Waals surface area contributed by atoms with E-state index in [0.29, 0.717) is 0 Å². The highest BCUT2D eigenvalue weighted by molar-refractivity contribution is 6.36. The van der Waals surface area contributed by atoms with Crippen LogP contribution in [0.15, 0.2) is 30.3 Å². The topological polar surface area (TPSA) is 12.0 Å². The van der Waals surface area contributed by atoms with Gasteiger partial charge in [-0.25, -0.2) is 0 Å². The Kier molecular flexibility index (Phi) is 1.33. The van der Waals surface area contributed by atoms with Gasteiger partial charge in [0.25, 0.3) is 0 Å². The fourth-order valence-electron chi connectivity index (χ4n) is 1.93. The van der Waals surface area contributed by atoms with E-state index in [4.69, 9.17) is 11.6 Å². The second kappa shape index (κ2) is 2.39. The molecule has 0 saturated heterocycles. The van der Waals surface area contributed by atoms with Gasteiger partial charge >= 0.3 is 0 Å². The number of hydrogen-bond donors (Lipinski definition) is 1. The van der Waals surface area contributed by atoms with Crippen molar-refractivity contribution in [1.82, 2.24) is 0 Å². The molecule has 0 radical (unpaired) electrons. The van der Waals surface area contributed by atoms with Crippen molar-refractivity contribution in [3.63, 3.8) is 0 Å². The summed E-state index contributed by atoms with van der Waals surface area (Å²) >= 11 is 6.10. The summed E-state index contributed by atoms with van der Waals surface area (Å²) in [6, 6.07) is 10.3. The molecular weight excluding hydrogens is 182 g/mol. The van der Waals surface area contributed by atoms with Crippen LogP contribution in [0.1, 0.15) is 5.56 Å². The molecule has 0 aliphatic carbocycles. The lowest BCUT2D eigenvalue weighted by molar-refractivity contribution is 1.22. The molecular formula is C11H8ClN. The molecule has 0 aromatic heterocycles. The molecule has 2 aromatic rings. The summed E-state index contributed by atoms with van der Waals surface area (Å²) in [5, 5.41) is 6.62. The summed E-state index contributed by atoms with van der Waals surface area (Å²) in [4.78, 5) is 0. The molecule has 1 heterocycles. The normalized spacial score (nSPS) is 13.3. The van der Waals surface area contributed by atoms with Gasteiger partial charge in [-0.05, 0) is 17.7 Å². The van der Waals surface area contributed by atoms with E-state index < -0.39 is 0 Å². The Morgan fingerprint density at radius 3 is 3.00 bits per heavy atom. The first-order valence-electron chi connectivity index (χ1n) is 4.30. The van der Waals surface area contributed by atoms with Crippen molar-refractivity contribution in [2.24, 2.45) is 0 Å². The van der Waals surface area contributed by atoms with Gasteiger partial charge in [-0.1, -0.05) is 29.8 Å². The number of halogens is 1. The summed E-state index contributed by atoms with van der Waals surface area (Å²) in [5.41, 5.74) is 2.55. The maximum absolute atomic E-state index is 6.10. The highest BCUT2D eigenvalue weighted by Crippen LogP contribution is 2.36. The van der Waals surface area contributed by atoms with Crippen LogP contribution in [0.5, 0.6) is 0 Å². The van der Waals surface area contributed by atoms with Crippen LogP contribution in [-0.2, 0) is 6.54 Å². The Hall–Kier alpha value is -1.21. The van der Waals surface area contributed by atoms with Gasteiger partial charge in [-0.15, -0.1) is 0 Å². The van der Waals surface area contributed by atoms with Crippen molar-refractivity contribution in [3.05, 3.63) is 40.9 Å². The maximum atomic E-state index is 6.10. The van der Waals surface area contributed by atoms with Gasteiger partial charge < -0.3 is 5.32 Å². The molecule has 0 unspecified atom stereocenters. The van der Waals surface area contributed by atoms with Crippen LogP contribution < -0.4 is 5.32 Å². The summed E-state index contributed by atoms with van der Waals surface area (Å²) in [5.74, 6) is 0. The van der Waals surface area contributed by atoms with Crippen molar-refractivity contribution >= 4 is 28.1 Å². The Morgan fingerprint density at radius 1 is 1.15 bits per heavy atom. The van der Waals surface area contributed by atoms with E-state index in [-0.39, 0.29) is 0 Å². The zero-order valence-corrected chi connectivity index (χ0v) is 7.73. The van der Waals surface area contributed by atoms with E-state index in [1.165, 1.54) is 16.6 Å². The fraction of sp³-hybridized carbons (Fsp3) is 0.0909. The van der Waals surface area contributed by atoms with Crippen molar-refractivity contribution in [2.45, 2.75) is 6.54 Å². The number of rotatable bonds is 0. The number of anilines is 1. The molecule has 1 aliphatic rings. The highest BCUT2D eigenvalue weighted by atomic mass is 35.5. The van der Waals surface area contributed by atoms with Gasteiger partial charge in [0.2, 0.25) is 0 Å². The predicted molar refractivity (Wildman–Crippen MR) is 56.3 cm³/mol.